The second-order valence-electron chi connectivity index (χ2n) is 4.25. The molecule has 0 amide bonds. The van der Waals surface area contributed by atoms with E-state index in [1.165, 1.54) is 0 Å². The highest BCUT2D eigenvalue weighted by molar-refractivity contribution is 4.81. The Morgan fingerprint density at radius 1 is 1.50 bits per heavy atom. The summed E-state index contributed by atoms with van der Waals surface area (Å²) in [6.07, 6.45) is 0. The zero-order chi connectivity index (χ0) is 10.4. The summed E-state index contributed by atoms with van der Waals surface area (Å²) < 4.78 is 5.40. The SMILES string of the molecule is CCOCCN1CCNCC1C(C)C. The number of nitrogens with zero attached hydrogens (tertiary/aromatic N) is 1. The van der Waals surface area contributed by atoms with Gasteiger partial charge in [-0.25, -0.2) is 0 Å². The van der Waals surface area contributed by atoms with Gasteiger partial charge in [-0.15, -0.1) is 0 Å². The Labute approximate surface area is 87.8 Å². The van der Waals surface area contributed by atoms with Crippen LogP contribution in [0.4, 0.5) is 0 Å². The molecule has 1 fully saturated rings. The van der Waals surface area contributed by atoms with Crippen LogP contribution in [0.25, 0.3) is 0 Å². The Hall–Kier alpha value is -0.120. The van der Waals surface area contributed by atoms with Crippen molar-refractivity contribution in [2.45, 2.75) is 26.8 Å². The fourth-order valence-corrected chi connectivity index (χ4v) is 2.03. The number of hydrogen-bond donors (Lipinski definition) is 1. The van der Waals surface area contributed by atoms with Crippen molar-refractivity contribution in [1.82, 2.24) is 10.2 Å². The van der Waals surface area contributed by atoms with Crippen LogP contribution in [0.3, 0.4) is 0 Å². The van der Waals surface area contributed by atoms with Crippen molar-refractivity contribution >= 4 is 0 Å². The molecule has 1 rings (SSSR count). The van der Waals surface area contributed by atoms with Crippen LogP contribution in [0.5, 0.6) is 0 Å². The van der Waals surface area contributed by atoms with E-state index in [4.69, 9.17) is 4.74 Å². The summed E-state index contributed by atoms with van der Waals surface area (Å²) in [6, 6.07) is 0.684. The van der Waals surface area contributed by atoms with Crippen LogP contribution in [-0.2, 0) is 4.74 Å². The third-order valence-electron chi connectivity index (χ3n) is 2.89. The maximum absolute atomic E-state index is 5.40. The Balaban J connectivity index is 2.30. The predicted octanol–water partition coefficient (Wildman–Crippen LogP) is 0.953. The fraction of sp³-hybridized carbons (Fsp3) is 1.00. The normalized spacial score (nSPS) is 24.4. The van der Waals surface area contributed by atoms with Crippen molar-refractivity contribution in [1.29, 1.82) is 0 Å². The number of piperazine rings is 1. The van der Waals surface area contributed by atoms with E-state index < -0.39 is 0 Å². The lowest BCUT2D eigenvalue weighted by molar-refractivity contribution is 0.0679. The van der Waals surface area contributed by atoms with Gasteiger partial charge in [0.2, 0.25) is 0 Å². The third kappa shape index (κ3) is 3.56. The zero-order valence-corrected chi connectivity index (χ0v) is 9.75. The van der Waals surface area contributed by atoms with Crippen molar-refractivity contribution in [2.75, 3.05) is 39.4 Å². The van der Waals surface area contributed by atoms with Gasteiger partial charge in [0.15, 0.2) is 0 Å². The van der Waals surface area contributed by atoms with Crippen LogP contribution in [-0.4, -0.2) is 50.3 Å². The molecule has 1 heterocycles. The van der Waals surface area contributed by atoms with Gasteiger partial charge in [0.05, 0.1) is 6.61 Å². The summed E-state index contributed by atoms with van der Waals surface area (Å²) in [7, 11) is 0. The molecule has 1 N–H and O–H groups in total. The average molecular weight is 200 g/mol. The topological polar surface area (TPSA) is 24.5 Å². The standard InChI is InChI=1S/C11H24N2O/c1-4-14-8-7-13-6-5-12-9-11(13)10(2)3/h10-12H,4-9H2,1-3H3. The first-order valence-electron chi connectivity index (χ1n) is 5.78. The van der Waals surface area contributed by atoms with E-state index in [-0.39, 0.29) is 0 Å². The molecule has 0 aromatic rings. The molecule has 84 valence electrons. The van der Waals surface area contributed by atoms with Gasteiger partial charge >= 0.3 is 0 Å². The molecule has 1 unspecified atom stereocenters. The molecule has 14 heavy (non-hydrogen) atoms. The van der Waals surface area contributed by atoms with Gasteiger partial charge in [0.25, 0.3) is 0 Å². The minimum Gasteiger partial charge on any atom is -0.380 e. The monoisotopic (exact) mass is 200 g/mol. The minimum atomic E-state index is 0.684. The van der Waals surface area contributed by atoms with Crippen LogP contribution in [0.15, 0.2) is 0 Å². The second-order valence-corrected chi connectivity index (χ2v) is 4.25. The fourth-order valence-electron chi connectivity index (χ4n) is 2.03. The number of hydrogen-bond acceptors (Lipinski definition) is 3. The Morgan fingerprint density at radius 3 is 2.93 bits per heavy atom. The molecule has 1 saturated heterocycles. The van der Waals surface area contributed by atoms with Crippen molar-refractivity contribution in [3.05, 3.63) is 0 Å². The second kappa shape index (κ2) is 6.38. The number of ether oxygens (including phenoxy) is 1. The lowest BCUT2D eigenvalue weighted by atomic mass is 10.0. The van der Waals surface area contributed by atoms with Gasteiger partial charge in [0.1, 0.15) is 0 Å². The largest absolute Gasteiger partial charge is 0.380 e. The molecule has 1 aliphatic heterocycles. The number of rotatable bonds is 5. The third-order valence-corrected chi connectivity index (χ3v) is 2.89. The summed E-state index contributed by atoms with van der Waals surface area (Å²) >= 11 is 0. The minimum absolute atomic E-state index is 0.684. The van der Waals surface area contributed by atoms with Crippen LogP contribution in [0.2, 0.25) is 0 Å². The maximum Gasteiger partial charge on any atom is 0.0593 e. The molecule has 0 aromatic heterocycles. The maximum atomic E-state index is 5.40. The summed E-state index contributed by atoms with van der Waals surface area (Å²) in [6.45, 7) is 12.8. The average Bonchev–Trinajstić information content (AvgIpc) is 2.19. The molecule has 1 atom stereocenters. The van der Waals surface area contributed by atoms with E-state index in [0.29, 0.717) is 6.04 Å². The molecule has 0 bridgehead atoms. The van der Waals surface area contributed by atoms with E-state index >= 15 is 0 Å². The van der Waals surface area contributed by atoms with Gasteiger partial charge in [-0.1, -0.05) is 13.8 Å². The van der Waals surface area contributed by atoms with Crippen LogP contribution in [0.1, 0.15) is 20.8 Å². The quantitative estimate of drug-likeness (QED) is 0.669. The van der Waals surface area contributed by atoms with Crippen molar-refractivity contribution in [3.8, 4) is 0 Å². The molecule has 3 heteroatoms. The lowest BCUT2D eigenvalue weighted by Crippen LogP contribution is -2.54. The molecular formula is C11H24N2O. The van der Waals surface area contributed by atoms with E-state index in [1.807, 2.05) is 0 Å². The molecule has 0 radical (unpaired) electrons. The van der Waals surface area contributed by atoms with Crippen molar-refractivity contribution in [2.24, 2.45) is 5.92 Å². The first-order valence-corrected chi connectivity index (χ1v) is 5.78. The van der Waals surface area contributed by atoms with E-state index in [0.717, 1.165) is 45.3 Å². The smallest absolute Gasteiger partial charge is 0.0593 e. The Morgan fingerprint density at radius 2 is 2.29 bits per heavy atom. The molecule has 0 saturated carbocycles. The van der Waals surface area contributed by atoms with Crippen molar-refractivity contribution in [3.63, 3.8) is 0 Å². The van der Waals surface area contributed by atoms with Gasteiger partial charge in [0, 0.05) is 38.8 Å². The molecule has 0 aromatic carbocycles. The van der Waals surface area contributed by atoms with Crippen molar-refractivity contribution < 1.29 is 4.74 Å². The Kier molecular flexibility index (Phi) is 5.45. The summed E-state index contributed by atoms with van der Waals surface area (Å²) in [4.78, 5) is 2.55. The van der Waals surface area contributed by atoms with Crippen LogP contribution >= 0.6 is 0 Å². The number of nitrogens with one attached hydrogen (secondary N) is 1. The zero-order valence-electron chi connectivity index (χ0n) is 9.75. The molecule has 0 spiro atoms. The first-order chi connectivity index (χ1) is 6.75. The summed E-state index contributed by atoms with van der Waals surface area (Å²) in [5.74, 6) is 0.726. The lowest BCUT2D eigenvalue weighted by Gasteiger charge is -2.38. The summed E-state index contributed by atoms with van der Waals surface area (Å²) in [5, 5.41) is 3.45. The molecule has 0 aliphatic carbocycles. The summed E-state index contributed by atoms with van der Waals surface area (Å²) in [5.41, 5.74) is 0. The highest BCUT2D eigenvalue weighted by atomic mass is 16.5. The van der Waals surface area contributed by atoms with E-state index in [9.17, 15) is 0 Å². The predicted molar refractivity (Wildman–Crippen MR) is 59.6 cm³/mol. The Bertz CT molecular complexity index is 150. The van der Waals surface area contributed by atoms with Gasteiger partial charge in [-0.05, 0) is 12.8 Å². The molecular weight excluding hydrogens is 176 g/mol. The van der Waals surface area contributed by atoms with Gasteiger partial charge in [-0.3, -0.25) is 4.90 Å². The highest BCUT2D eigenvalue weighted by Gasteiger charge is 2.23. The van der Waals surface area contributed by atoms with E-state index in [1.54, 1.807) is 0 Å². The molecule has 1 aliphatic rings. The highest BCUT2D eigenvalue weighted by Crippen LogP contribution is 2.12. The van der Waals surface area contributed by atoms with E-state index in [2.05, 4.69) is 31.0 Å². The first kappa shape index (κ1) is 12.0. The van der Waals surface area contributed by atoms with Crippen LogP contribution < -0.4 is 5.32 Å². The van der Waals surface area contributed by atoms with Gasteiger partial charge in [-0.2, -0.15) is 0 Å². The molecule has 3 nitrogen and oxygen atoms in total. The van der Waals surface area contributed by atoms with Gasteiger partial charge < -0.3 is 10.1 Å². The van der Waals surface area contributed by atoms with Crippen LogP contribution in [0, 0.1) is 5.92 Å².